The molecular weight excluding hydrogens is 656 g/mol. The molecule has 5 aromatic rings. The second-order valence-corrected chi connectivity index (χ2v) is 19.5. The number of hydrogen-bond acceptors (Lipinski definition) is 5. The van der Waals surface area contributed by atoms with Gasteiger partial charge in [-0.2, -0.15) is 0 Å². The summed E-state index contributed by atoms with van der Waals surface area (Å²) in [4.78, 5) is 11.6. The van der Waals surface area contributed by atoms with Gasteiger partial charge in [0.2, 0.25) is 5.95 Å². The molecule has 9 heteroatoms. The second kappa shape index (κ2) is 15.0. The molecule has 0 unspecified atom stereocenters. The minimum atomic E-state index is -1.58. The molecule has 1 fully saturated rings. The van der Waals surface area contributed by atoms with Gasteiger partial charge in [0.05, 0.1) is 29.6 Å². The number of hydrogen-bond donors (Lipinski definition) is 0. The van der Waals surface area contributed by atoms with Crippen molar-refractivity contribution in [1.82, 2.24) is 9.97 Å². The number of thioether (sulfide) groups is 1. The fourth-order valence-corrected chi connectivity index (χ4v) is 8.50. The number of aromatic nitrogens is 2. The second-order valence-electron chi connectivity index (χ2n) is 13.2. The van der Waals surface area contributed by atoms with Crippen molar-refractivity contribution >= 4 is 25.8 Å². The van der Waals surface area contributed by atoms with Gasteiger partial charge in [0, 0.05) is 35.8 Å². The molecule has 0 bridgehead atoms. The molecule has 49 heavy (non-hydrogen) atoms. The van der Waals surface area contributed by atoms with E-state index < -0.39 is 30.3 Å². The molecule has 1 aliphatic rings. The molecule has 0 aliphatic carbocycles. The minimum Gasteiger partial charge on any atom is -0.375 e. The number of nitrogens with zero attached hydrogens (tertiary/aromatic N) is 3. The van der Waals surface area contributed by atoms with Crippen LogP contribution in [0.25, 0.3) is 0 Å². The molecule has 1 aliphatic heterocycles. The third-order valence-electron chi connectivity index (χ3n) is 8.39. The van der Waals surface area contributed by atoms with Gasteiger partial charge in [-0.1, -0.05) is 117 Å². The summed E-state index contributed by atoms with van der Waals surface area (Å²) in [7, 11) is -1.58. The van der Waals surface area contributed by atoms with Gasteiger partial charge in [-0.15, -0.1) is 17.3 Å². The van der Waals surface area contributed by atoms with Crippen molar-refractivity contribution in [1.29, 1.82) is 0 Å². The summed E-state index contributed by atoms with van der Waals surface area (Å²) in [6.45, 7) is 7.22. The van der Waals surface area contributed by atoms with Crippen LogP contribution < -0.4 is 4.90 Å². The Kier molecular flexibility index (Phi) is 10.6. The Bertz CT molecular complexity index is 1820. The molecule has 0 amide bonds. The summed E-state index contributed by atoms with van der Waals surface area (Å²) in [5, 5.41) is 0.101. The van der Waals surface area contributed by atoms with Gasteiger partial charge in [-0.25, -0.2) is 23.1 Å². The summed E-state index contributed by atoms with van der Waals surface area (Å²) in [5.74, 6) is 0.602. The van der Waals surface area contributed by atoms with Crippen LogP contribution in [-0.4, -0.2) is 42.5 Å². The molecule has 0 radical (unpaired) electrons. The number of rotatable bonds is 10. The average molecular weight is 694 g/mol. The maximum Gasteiger partial charge on any atom is 0.225 e. The van der Waals surface area contributed by atoms with E-state index >= 15 is 0 Å². The van der Waals surface area contributed by atoms with Crippen LogP contribution in [0.4, 0.5) is 19.1 Å². The highest BCUT2D eigenvalue weighted by molar-refractivity contribution is 8.01. The lowest BCUT2D eigenvalue weighted by Crippen LogP contribution is -2.35. The van der Waals surface area contributed by atoms with E-state index in [-0.39, 0.29) is 30.1 Å². The third-order valence-corrected chi connectivity index (χ3v) is 11.0. The molecule has 0 saturated carbocycles. The number of ether oxygens (including phenoxy) is 1. The molecule has 4 aromatic carbocycles. The number of benzene rings is 4. The smallest absolute Gasteiger partial charge is 0.225 e. The van der Waals surface area contributed by atoms with E-state index in [1.165, 1.54) is 16.7 Å². The van der Waals surface area contributed by atoms with Crippen LogP contribution in [0, 0.1) is 28.9 Å². The Morgan fingerprint density at radius 1 is 0.796 bits per heavy atom. The van der Waals surface area contributed by atoms with Crippen molar-refractivity contribution < 1.29 is 17.9 Å². The predicted octanol–water partition coefficient (Wildman–Crippen LogP) is 9.01. The highest BCUT2D eigenvalue weighted by Gasteiger charge is 2.43. The first kappa shape index (κ1) is 34.5. The van der Waals surface area contributed by atoms with Gasteiger partial charge >= 0.3 is 0 Å². The first-order valence-corrected chi connectivity index (χ1v) is 20.7. The predicted molar refractivity (Wildman–Crippen MR) is 195 cm³/mol. The molecule has 250 valence electrons. The molecule has 4 nitrogen and oxygen atoms in total. The van der Waals surface area contributed by atoms with E-state index in [2.05, 4.69) is 109 Å². The summed E-state index contributed by atoms with van der Waals surface area (Å²) in [6.07, 6.45) is 4.24. The van der Waals surface area contributed by atoms with Gasteiger partial charge in [-0.3, -0.25) is 0 Å². The quantitative estimate of drug-likeness (QED) is 0.0632. The topological polar surface area (TPSA) is 38.2 Å². The fourth-order valence-electron chi connectivity index (χ4n) is 6.11. The summed E-state index contributed by atoms with van der Waals surface area (Å²) >= 11 is 1.89. The van der Waals surface area contributed by atoms with Crippen molar-refractivity contribution in [2.45, 2.75) is 48.7 Å². The molecule has 1 aromatic heterocycles. The van der Waals surface area contributed by atoms with Gasteiger partial charge in [0.25, 0.3) is 0 Å². The number of anilines is 1. The van der Waals surface area contributed by atoms with Gasteiger partial charge < -0.3 is 9.64 Å². The van der Waals surface area contributed by atoms with E-state index in [0.717, 1.165) is 18.1 Å². The van der Waals surface area contributed by atoms with Crippen LogP contribution in [0.1, 0.15) is 34.2 Å². The van der Waals surface area contributed by atoms with Crippen LogP contribution in [0.3, 0.4) is 0 Å². The van der Waals surface area contributed by atoms with Crippen molar-refractivity contribution in [2.24, 2.45) is 0 Å². The van der Waals surface area contributed by atoms with Crippen molar-refractivity contribution in [3.63, 3.8) is 0 Å². The lowest BCUT2D eigenvalue weighted by atomic mass is 9.84. The SMILES string of the molecule is C[Si](C)(C)C#Cc1cnc(N2C[C@H](SC(c3ccccc3)(c3ccccc3)c3ccccc3)C[C@H]2COCc2cc(F)c(F)cc2F)nc1. The molecule has 0 N–H and O–H groups in total. The Balaban J connectivity index is 1.34. The Labute approximate surface area is 291 Å². The van der Waals surface area contributed by atoms with Crippen LogP contribution in [0.5, 0.6) is 0 Å². The van der Waals surface area contributed by atoms with Gasteiger partial charge in [-0.05, 0) is 29.2 Å². The molecular formula is C40H38F3N3OSSi. The maximum absolute atomic E-state index is 14.4. The highest BCUT2D eigenvalue weighted by Crippen LogP contribution is 2.52. The van der Waals surface area contributed by atoms with E-state index in [9.17, 15) is 13.2 Å². The summed E-state index contributed by atoms with van der Waals surface area (Å²) < 4.78 is 47.4. The lowest BCUT2D eigenvalue weighted by Gasteiger charge is -2.37. The monoisotopic (exact) mass is 693 g/mol. The fraction of sp³-hybridized carbons (Fsp3) is 0.250. The van der Waals surface area contributed by atoms with E-state index in [1.807, 2.05) is 30.0 Å². The molecule has 2 atom stereocenters. The third kappa shape index (κ3) is 8.10. The first-order valence-electron chi connectivity index (χ1n) is 16.3. The summed E-state index contributed by atoms with van der Waals surface area (Å²) in [5.41, 5.74) is 7.58. The zero-order valence-corrected chi connectivity index (χ0v) is 29.6. The van der Waals surface area contributed by atoms with Gasteiger partial charge in [0.15, 0.2) is 11.6 Å². The Morgan fingerprint density at radius 3 is 1.86 bits per heavy atom. The van der Waals surface area contributed by atoms with Crippen LogP contribution >= 0.6 is 11.8 Å². The largest absolute Gasteiger partial charge is 0.375 e. The number of halogens is 3. The van der Waals surface area contributed by atoms with Crippen molar-refractivity contribution in [3.05, 3.63) is 161 Å². The molecule has 2 heterocycles. The van der Waals surface area contributed by atoms with Crippen molar-refractivity contribution in [2.75, 3.05) is 18.1 Å². The van der Waals surface area contributed by atoms with E-state index in [4.69, 9.17) is 14.7 Å². The van der Waals surface area contributed by atoms with Crippen molar-refractivity contribution in [3.8, 4) is 11.5 Å². The molecule has 1 saturated heterocycles. The normalized spacial score (nSPS) is 16.3. The average Bonchev–Trinajstić information content (AvgIpc) is 3.51. The highest BCUT2D eigenvalue weighted by atomic mass is 32.2. The Morgan fingerprint density at radius 2 is 1.33 bits per heavy atom. The van der Waals surface area contributed by atoms with Crippen LogP contribution in [0.15, 0.2) is 116 Å². The van der Waals surface area contributed by atoms with E-state index in [1.54, 1.807) is 12.4 Å². The lowest BCUT2D eigenvalue weighted by molar-refractivity contribution is 0.106. The minimum absolute atomic E-state index is 0.0350. The molecule has 0 spiro atoms. The Hall–Kier alpha value is -4.36. The first-order chi connectivity index (χ1) is 23.6. The van der Waals surface area contributed by atoms with E-state index in [0.29, 0.717) is 18.6 Å². The summed E-state index contributed by atoms with van der Waals surface area (Å²) in [6, 6.07) is 32.9. The maximum atomic E-state index is 14.4. The van der Waals surface area contributed by atoms with Gasteiger partial charge in [0.1, 0.15) is 13.9 Å². The van der Waals surface area contributed by atoms with Crippen LogP contribution in [0.2, 0.25) is 19.6 Å². The van der Waals surface area contributed by atoms with Crippen LogP contribution in [-0.2, 0) is 16.1 Å². The zero-order valence-electron chi connectivity index (χ0n) is 27.7. The standard InChI is InChI=1S/C40H38F3N3OSSi/c1-49(2,3)20-19-29-24-44-39(45-25-29)46-26-35(22-34(46)28-47-27-30-21-37(42)38(43)23-36(30)41)48-40(31-13-7-4-8-14-31,32-15-9-5-10-16-32)33-17-11-6-12-18-33/h4-18,21,23-25,34-35H,22,26-28H2,1-3H3/t34-,35+/m0/s1. The zero-order chi connectivity index (χ0) is 34.4. The molecule has 6 rings (SSSR count).